The summed E-state index contributed by atoms with van der Waals surface area (Å²) in [6.45, 7) is 6.79. The Kier molecular flexibility index (Phi) is 5.63. The summed E-state index contributed by atoms with van der Waals surface area (Å²) in [5, 5.41) is 3.30. The summed E-state index contributed by atoms with van der Waals surface area (Å²) in [6, 6.07) is 8.51. The van der Waals surface area contributed by atoms with Crippen LogP contribution in [0.5, 0.6) is 0 Å². The van der Waals surface area contributed by atoms with Crippen LogP contribution in [0.1, 0.15) is 18.1 Å². The lowest BCUT2D eigenvalue weighted by molar-refractivity contribution is -0.133. The molecule has 100 valence electrons. The Morgan fingerprint density at radius 1 is 1.39 bits per heavy atom. The van der Waals surface area contributed by atoms with E-state index < -0.39 is 0 Å². The van der Waals surface area contributed by atoms with Crippen LogP contribution in [-0.2, 0) is 11.2 Å². The number of benzene rings is 1. The van der Waals surface area contributed by atoms with Crippen molar-refractivity contribution in [3.63, 3.8) is 0 Å². The van der Waals surface area contributed by atoms with Gasteiger partial charge in [0, 0.05) is 25.7 Å². The van der Waals surface area contributed by atoms with Crippen molar-refractivity contribution in [3.8, 4) is 0 Å². The number of nitrogens with one attached hydrogen (secondary N) is 1. The minimum absolute atomic E-state index is 0. The molecule has 4 heteroatoms. The Hall–Kier alpha value is -1.06. The number of nitrogens with zero attached hydrogens (tertiary/aromatic N) is 1. The van der Waals surface area contributed by atoms with Gasteiger partial charge in [-0.2, -0.15) is 0 Å². The molecule has 1 aliphatic rings. The van der Waals surface area contributed by atoms with Gasteiger partial charge >= 0.3 is 0 Å². The molecular weight excluding hydrogens is 248 g/mol. The van der Waals surface area contributed by atoms with Crippen LogP contribution in [0.15, 0.2) is 24.3 Å². The zero-order chi connectivity index (χ0) is 12.3. The molecule has 1 atom stereocenters. The van der Waals surface area contributed by atoms with Gasteiger partial charge in [0.05, 0.1) is 6.42 Å². The Bertz CT molecular complexity index is 391. The van der Waals surface area contributed by atoms with Gasteiger partial charge in [0.1, 0.15) is 0 Å². The van der Waals surface area contributed by atoms with Crippen molar-refractivity contribution >= 4 is 18.3 Å². The van der Waals surface area contributed by atoms with Gasteiger partial charge in [-0.15, -0.1) is 12.4 Å². The number of carbonyl (C=O) groups excluding carboxylic acids is 1. The number of amides is 1. The van der Waals surface area contributed by atoms with Crippen LogP contribution in [-0.4, -0.2) is 36.5 Å². The first-order valence-corrected chi connectivity index (χ1v) is 6.22. The Morgan fingerprint density at radius 2 is 2.06 bits per heavy atom. The molecule has 1 amide bonds. The first-order chi connectivity index (χ1) is 8.16. The maximum absolute atomic E-state index is 12.2. The van der Waals surface area contributed by atoms with Crippen molar-refractivity contribution < 1.29 is 4.79 Å². The summed E-state index contributed by atoms with van der Waals surface area (Å²) in [7, 11) is 0. The van der Waals surface area contributed by atoms with Crippen LogP contribution >= 0.6 is 12.4 Å². The quantitative estimate of drug-likeness (QED) is 0.887. The molecule has 1 saturated heterocycles. The molecule has 0 aromatic heterocycles. The van der Waals surface area contributed by atoms with E-state index in [0.29, 0.717) is 12.5 Å². The van der Waals surface area contributed by atoms with Crippen molar-refractivity contribution in [2.45, 2.75) is 26.3 Å². The van der Waals surface area contributed by atoms with Crippen LogP contribution in [0, 0.1) is 6.92 Å². The maximum atomic E-state index is 12.2. The molecule has 0 saturated carbocycles. The summed E-state index contributed by atoms with van der Waals surface area (Å²) >= 11 is 0. The Morgan fingerprint density at radius 3 is 2.67 bits per heavy atom. The van der Waals surface area contributed by atoms with Crippen molar-refractivity contribution in [3.05, 3.63) is 35.4 Å². The van der Waals surface area contributed by atoms with Crippen LogP contribution in [0.25, 0.3) is 0 Å². The van der Waals surface area contributed by atoms with Crippen molar-refractivity contribution in [1.29, 1.82) is 0 Å². The van der Waals surface area contributed by atoms with E-state index in [-0.39, 0.29) is 18.3 Å². The predicted molar refractivity (Wildman–Crippen MR) is 76.2 cm³/mol. The van der Waals surface area contributed by atoms with Gasteiger partial charge < -0.3 is 10.2 Å². The molecule has 1 aromatic carbocycles. The van der Waals surface area contributed by atoms with E-state index in [9.17, 15) is 4.79 Å². The van der Waals surface area contributed by atoms with Gasteiger partial charge in [-0.1, -0.05) is 29.8 Å². The van der Waals surface area contributed by atoms with Gasteiger partial charge in [-0.3, -0.25) is 4.79 Å². The average molecular weight is 269 g/mol. The predicted octanol–water partition coefficient (Wildman–Crippen LogP) is 1.78. The first-order valence-electron chi connectivity index (χ1n) is 6.22. The maximum Gasteiger partial charge on any atom is 0.227 e. The fourth-order valence-electron chi connectivity index (χ4n) is 2.19. The van der Waals surface area contributed by atoms with Crippen LogP contribution in [0.3, 0.4) is 0 Å². The van der Waals surface area contributed by atoms with E-state index in [4.69, 9.17) is 0 Å². The summed E-state index contributed by atoms with van der Waals surface area (Å²) in [5.74, 6) is 0.239. The van der Waals surface area contributed by atoms with Gasteiger partial charge in [-0.25, -0.2) is 0 Å². The molecule has 3 nitrogen and oxygen atoms in total. The van der Waals surface area contributed by atoms with Crippen molar-refractivity contribution in [1.82, 2.24) is 10.2 Å². The zero-order valence-electron chi connectivity index (χ0n) is 11.0. The minimum Gasteiger partial charge on any atom is -0.337 e. The molecule has 0 aliphatic carbocycles. The lowest BCUT2D eigenvalue weighted by Gasteiger charge is -2.34. The minimum atomic E-state index is 0. The third-order valence-electron chi connectivity index (χ3n) is 3.30. The summed E-state index contributed by atoms with van der Waals surface area (Å²) in [4.78, 5) is 14.1. The number of halogens is 1. The highest BCUT2D eigenvalue weighted by Gasteiger charge is 2.22. The van der Waals surface area contributed by atoms with Crippen molar-refractivity contribution in [2.24, 2.45) is 0 Å². The smallest absolute Gasteiger partial charge is 0.227 e. The van der Waals surface area contributed by atoms with E-state index in [1.807, 2.05) is 17.0 Å². The highest BCUT2D eigenvalue weighted by molar-refractivity contribution is 5.85. The third kappa shape index (κ3) is 3.72. The van der Waals surface area contributed by atoms with Crippen LogP contribution in [0.2, 0.25) is 0 Å². The Labute approximate surface area is 115 Å². The van der Waals surface area contributed by atoms with Gasteiger partial charge in [0.25, 0.3) is 0 Å². The average Bonchev–Trinajstić information content (AvgIpc) is 2.32. The fraction of sp³-hybridized carbons (Fsp3) is 0.500. The van der Waals surface area contributed by atoms with Gasteiger partial charge in [0.15, 0.2) is 0 Å². The molecule has 0 unspecified atom stereocenters. The van der Waals surface area contributed by atoms with E-state index in [1.165, 1.54) is 5.56 Å². The van der Waals surface area contributed by atoms with Crippen molar-refractivity contribution in [2.75, 3.05) is 19.6 Å². The second-order valence-corrected chi connectivity index (χ2v) is 4.80. The fourth-order valence-corrected chi connectivity index (χ4v) is 2.19. The van der Waals surface area contributed by atoms with E-state index in [2.05, 4.69) is 31.3 Å². The number of rotatable bonds is 2. The summed E-state index contributed by atoms with van der Waals surface area (Å²) < 4.78 is 0. The first kappa shape index (κ1) is 15.0. The molecule has 0 spiro atoms. The van der Waals surface area contributed by atoms with E-state index >= 15 is 0 Å². The van der Waals surface area contributed by atoms with Crippen LogP contribution in [0.4, 0.5) is 0 Å². The second kappa shape index (κ2) is 6.76. The molecule has 1 N–H and O–H groups in total. The second-order valence-electron chi connectivity index (χ2n) is 4.80. The highest BCUT2D eigenvalue weighted by atomic mass is 35.5. The number of piperazine rings is 1. The highest BCUT2D eigenvalue weighted by Crippen LogP contribution is 2.09. The monoisotopic (exact) mass is 268 g/mol. The molecule has 1 aromatic rings. The topological polar surface area (TPSA) is 32.3 Å². The molecule has 1 fully saturated rings. The lowest BCUT2D eigenvalue weighted by Crippen LogP contribution is -2.52. The number of hydrogen-bond donors (Lipinski definition) is 1. The lowest BCUT2D eigenvalue weighted by atomic mass is 10.1. The van der Waals surface area contributed by atoms with Gasteiger partial charge in [-0.05, 0) is 19.4 Å². The normalized spacial score (nSPS) is 19.2. The summed E-state index contributed by atoms with van der Waals surface area (Å²) in [6.07, 6.45) is 0.518. The Balaban J connectivity index is 0.00000162. The number of aryl methyl sites for hydroxylation is 1. The molecular formula is C14H21ClN2O. The van der Waals surface area contributed by atoms with Gasteiger partial charge in [0.2, 0.25) is 5.91 Å². The molecule has 1 heterocycles. The third-order valence-corrected chi connectivity index (χ3v) is 3.30. The number of carbonyl (C=O) groups is 1. The summed E-state index contributed by atoms with van der Waals surface area (Å²) in [5.41, 5.74) is 2.34. The molecule has 1 aliphatic heterocycles. The standard InChI is InChI=1S/C14H20N2O.ClH/c1-11-3-5-13(6-4-11)9-14(17)16-8-7-15-10-12(16)2;/h3-6,12,15H,7-10H2,1-2H3;1H/t12-;/m1./s1. The van der Waals surface area contributed by atoms with E-state index in [1.54, 1.807) is 0 Å². The zero-order valence-corrected chi connectivity index (χ0v) is 11.8. The number of hydrogen-bond acceptors (Lipinski definition) is 2. The SMILES string of the molecule is Cc1ccc(CC(=O)N2CCNC[C@H]2C)cc1.Cl. The largest absolute Gasteiger partial charge is 0.337 e. The van der Waals surface area contributed by atoms with E-state index in [0.717, 1.165) is 25.2 Å². The van der Waals surface area contributed by atoms with Crippen LogP contribution < -0.4 is 5.32 Å². The molecule has 0 radical (unpaired) electrons. The molecule has 18 heavy (non-hydrogen) atoms. The molecule has 0 bridgehead atoms. The molecule has 2 rings (SSSR count).